The first kappa shape index (κ1) is 28.2. The largest absolute Gasteiger partial charge is 0.449 e. The van der Waals surface area contributed by atoms with Crippen molar-refractivity contribution >= 4 is 16.1 Å². The van der Waals surface area contributed by atoms with Gasteiger partial charge in [0, 0.05) is 0 Å². The molecule has 0 aromatic heterocycles. The van der Waals surface area contributed by atoms with Crippen LogP contribution in [0.4, 0.5) is 4.79 Å². The Hall–Kier alpha value is -0.860. The Morgan fingerprint density at radius 2 is 1.72 bits per heavy atom. The van der Waals surface area contributed by atoms with E-state index in [4.69, 9.17) is 4.74 Å². The molecule has 36 heavy (non-hydrogen) atoms. The molecule has 4 fully saturated rings. The average molecular weight is 528 g/mol. The van der Waals surface area contributed by atoms with Gasteiger partial charge in [-0.25, -0.2) is 17.9 Å². The zero-order valence-electron chi connectivity index (χ0n) is 22.9. The molecule has 1 amide bonds. The van der Waals surface area contributed by atoms with Crippen molar-refractivity contribution in [1.29, 1.82) is 0 Å². The fourth-order valence-corrected chi connectivity index (χ4v) is 10.2. The van der Waals surface area contributed by atoms with Gasteiger partial charge in [-0.1, -0.05) is 34.1 Å². The van der Waals surface area contributed by atoms with E-state index in [1.54, 1.807) is 0 Å². The van der Waals surface area contributed by atoms with Crippen molar-refractivity contribution in [1.82, 2.24) is 4.72 Å². The quantitative estimate of drug-likeness (QED) is 0.413. The zero-order chi connectivity index (χ0) is 26.5. The molecule has 0 bridgehead atoms. The van der Waals surface area contributed by atoms with Crippen LogP contribution in [-0.4, -0.2) is 49.8 Å². The molecule has 7 nitrogen and oxygen atoms in total. The number of fused-ring (bicyclic) bond motifs is 5. The second-order valence-corrected chi connectivity index (χ2v) is 15.0. The molecule has 8 heteroatoms. The van der Waals surface area contributed by atoms with Crippen molar-refractivity contribution in [3.8, 4) is 0 Å². The number of hydrogen-bond acceptors (Lipinski definition) is 6. The van der Waals surface area contributed by atoms with Crippen LogP contribution in [0.2, 0.25) is 0 Å². The smallest absolute Gasteiger partial charge is 0.420 e. The predicted molar refractivity (Wildman–Crippen MR) is 140 cm³/mol. The highest BCUT2D eigenvalue weighted by atomic mass is 32.2. The summed E-state index contributed by atoms with van der Waals surface area (Å²) in [6.45, 7) is 9.70. The second-order valence-electron chi connectivity index (χ2n) is 13.3. The van der Waals surface area contributed by atoms with E-state index >= 15 is 0 Å². The standard InChI is InChI=1S/C28H49NO6S/c1-6-19-23-16-18(30)11-13-28(23,4)22-12-14-27(3)20(9-10-21(27)24(22)25(19)31)17(2)8-7-15-35-26(32)29-36(5,33)34/h17-25,30-31H,6-16H2,1-5H3,(H,29,32)/t17-,18-,19-,20-,21+,22+,23+,24+,25-,27-,28-/m1/s1. The topological polar surface area (TPSA) is 113 Å². The molecule has 3 N–H and O–H groups in total. The molecule has 208 valence electrons. The third-order valence-electron chi connectivity index (χ3n) is 11.5. The number of carbonyl (C=O) groups is 1. The van der Waals surface area contributed by atoms with Gasteiger partial charge in [-0.15, -0.1) is 0 Å². The maximum Gasteiger partial charge on any atom is 0.420 e. The number of hydrogen-bond donors (Lipinski definition) is 3. The number of ether oxygens (including phenoxy) is 1. The van der Waals surface area contributed by atoms with Crippen LogP contribution in [0.5, 0.6) is 0 Å². The number of aliphatic hydroxyl groups is 2. The second kappa shape index (κ2) is 10.4. The first-order valence-corrected chi connectivity index (χ1v) is 16.2. The van der Waals surface area contributed by atoms with Crippen LogP contribution >= 0.6 is 0 Å². The van der Waals surface area contributed by atoms with Crippen LogP contribution in [0.1, 0.15) is 91.9 Å². The molecule has 4 aliphatic carbocycles. The summed E-state index contributed by atoms with van der Waals surface area (Å²) in [5.41, 5.74) is 0.435. The van der Waals surface area contributed by atoms with Crippen LogP contribution in [0.15, 0.2) is 0 Å². The molecule has 0 saturated heterocycles. The van der Waals surface area contributed by atoms with Crippen LogP contribution in [-0.2, 0) is 14.8 Å². The molecule has 0 heterocycles. The van der Waals surface area contributed by atoms with Gasteiger partial charge in [0.15, 0.2) is 0 Å². The van der Waals surface area contributed by atoms with Crippen molar-refractivity contribution in [3.05, 3.63) is 0 Å². The Kier molecular flexibility index (Phi) is 8.11. The highest BCUT2D eigenvalue weighted by Crippen LogP contribution is 2.69. The van der Waals surface area contributed by atoms with E-state index in [0.29, 0.717) is 41.9 Å². The number of aliphatic hydroxyl groups excluding tert-OH is 2. The summed E-state index contributed by atoms with van der Waals surface area (Å²) >= 11 is 0. The number of carbonyl (C=O) groups excluding carboxylic acids is 1. The monoisotopic (exact) mass is 527 g/mol. The van der Waals surface area contributed by atoms with Crippen LogP contribution < -0.4 is 4.72 Å². The molecule has 4 saturated carbocycles. The molecular formula is C28H49NO6S. The van der Waals surface area contributed by atoms with E-state index in [2.05, 4.69) is 27.7 Å². The summed E-state index contributed by atoms with van der Waals surface area (Å²) in [6.07, 6.45) is 9.73. The molecule has 0 aromatic carbocycles. The highest BCUT2D eigenvalue weighted by Gasteiger charge is 2.64. The minimum absolute atomic E-state index is 0.214. The Bertz CT molecular complexity index is 910. The molecule has 0 spiro atoms. The fourth-order valence-electron chi connectivity index (χ4n) is 9.88. The molecule has 0 unspecified atom stereocenters. The third-order valence-corrected chi connectivity index (χ3v) is 12.0. The lowest BCUT2D eigenvalue weighted by atomic mass is 9.41. The molecule has 0 aromatic rings. The van der Waals surface area contributed by atoms with Crippen LogP contribution in [0, 0.1) is 52.3 Å². The number of amides is 1. The Labute approximate surface area is 218 Å². The van der Waals surface area contributed by atoms with Gasteiger partial charge in [0.1, 0.15) is 0 Å². The molecular weight excluding hydrogens is 478 g/mol. The summed E-state index contributed by atoms with van der Waals surface area (Å²) in [4.78, 5) is 11.6. The Morgan fingerprint density at radius 1 is 1.06 bits per heavy atom. The van der Waals surface area contributed by atoms with Crippen LogP contribution in [0.3, 0.4) is 0 Å². The summed E-state index contributed by atoms with van der Waals surface area (Å²) in [6, 6.07) is 0. The minimum Gasteiger partial charge on any atom is -0.449 e. The van der Waals surface area contributed by atoms with E-state index in [-0.39, 0.29) is 35.6 Å². The maximum atomic E-state index is 11.8. The van der Waals surface area contributed by atoms with Gasteiger partial charge in [-0.3, -0.25) is 0 Å². The lowest BCUT2D eigenvalue weighted by Crippen LogP contribution is -2.62. The first-order chi connectivity index (χ1) is 16.8. The zero-order valence-corrected chi connectivity index (χ0v) is 23.7. The lowest BCUT2D eigenvalue weighted by Gasteiger charge is -2.64. The summed E-state index contributed by atoms with van der Waals surface area (Å²) in [5.74, 6) is 3.19. The SMILES string of the molecule is CC[C@H]1[C@@H](O)[C@@H]2[C@H](CC[C@]3(C)[C@@H]([C@H](C)CCCOC(=O)NS(C)(=O)=O)CC[C@@H]23)[C@@]2(C)CC[C@@H](O)C[C@@H]12. The number of rotatable bonds is 7. The fraction of sp³-hybridized carbons (Fsp3) is 0.964. The summed E-state index contributed by atoms with van der Waals surface area (Å²) < 4.78 is 29.2. The highest BCUT2D eigenvalue weighted by molar-refractivity contribution is 7.89. The van der Waals surface area contributed by atoms with Crippen LogP contribution in [0.25, 0.3) is 0 Å². The summed E-state index contributed by atoms with van der Waals surface area (Å²) in [7, 11) is -3.60. The third kappa shape index (κ3) is 5.07. The number of nitrogens with one attached hydrogen (secondary N) is 1. The van der Waals surface area contributed by atoms with Crippen molar-refractivity contribution in [3.63, 3.8) is 0 Å². The van der Waals surface area contributed by atoms with Gasteiger partial charge in [0.2, 0.25) is 10.0 Å². The van der Waals surface area contributed by atoms with Gasteiger partial charge in [0.25, 0.3) is 0 Å². The van der Waals surface area contributed by atoms with E-state index in [1.165, 1.54) is 25.7 Å². The van der Waals surface area contributed by atoms with Gasteiger partial charge >= 0.3 is 6.09 Å². The lowest BCUT2D eigenvalue weighted by molar-refractivity contribution is -0.203. The van der Waals surface area contributed by atoms with Crippen molar-refractivity contribution < 1.29 is 28.2 Å². The Morgan fingerprint density at radius 3 is 2.39 bits per heavy atom. The molecule has 0 aliphatic heterocycles. The molecule has 11 atom stereocenters. The van der Waals surface area contributed by atoms with Gasteiger partial charge in [0.05, 0.1) is 25.1 Å². The van der Waals surface area contributed by atoms with Crippen molar-refractivity contribution in [2.45, 2.75) is 104 Å². The molecule has 4 rings (SSSR count). The van der Waals surface area contributed by atoms with E-state index in [0.717, 1.165) is 38.4 Å². The van der Waals surface area contributed by atoms with Crippen molar-refractivity contribution in [2.75, 3.05) is 12.9 Å². The first-order valence-electron chi connectivity index (χ1n) is 14.3. The average Bonchev–Trinajstić information content (AvgIpc) is 3.14. The van der Waals surface area contributed by atoms with Gasteiger partial charge in [-0.05, 0) is 110 Å². The Balaban J connectivity index is 1.42. The molecule has 4 aliphatic rings. The van der Waals surface area contributed by atoms with Crippen molar-refractivity contribution in [2.24, 2.45) is 52.3 Å². The van der Waals surface area contributed by atoms with Gasteiger partial charge in [-0.2, -0.15) is 0 Å². The van der Waals surface area contributed by atoms with E-state index in [9.17, 15) is 23.4 Å². The number of sulfonamides is 1. The van der Waals surface area contributed by atoms with E-state index in [1.807, 2.05) is 4.72 Å². The normalized spacial score (nSPS) is 45.2. The predicted octanol–water partition coefficient (Wildman–Crippen LogP) is 4.72. The van der Waals surface area contributed by atoms with Gasteiger partial charge < -0.3 is 14.9 Å². The molecule has 0 radical (unpaired) electrons. The minimum atomic E-state index is -3.60. The summed E-state index contributed by atoms with van der Waals surface area (Å²) in [5, 5.41) is 22.3. The maximum absolute atomic E-state index is 11.8. The van der Waals surface area contributed by atoms with E-state index < -0.39 is 16.1 Å².